The first-order chi connectivity index (χ1) is 8.70. The highest BCUT2D eigenvalue weighted by molar-refractivity contribution is 5.93. The van der Waals surface area contributed by atoms with Crippen LogP contribution in [0.15, 0.2) is 30.3 Å². The van der Waals surface area contributed by atoms with Crippen molar-refractivity contribution in [2.75, 3.05) is 13.6 Å². The maximum atomic E-state index is 11.5. The van der Waals surface area contributed by atoms with Crippen molar-refractivity contribution in [1.82, 2.24) is 4.90 Å². The summed E-state index contributed by atoms with van der Waals surface area (Å²) in [6.45, 7) is 2.70. The molecule has 1 aromatic rings. The highest BCUT2D eigenvalue weighted by atomic mass is 19.4. The summed E-state index contributed by atoms with van der Waals surface area (Å²) in [7, 11) is 1.80. The number of carbonyl (C=O) groups excluding carboxylic acids is 1. The molecule has 0 radical (unpaired) electrons. The van der Waals surface area contributed by atoms with Crippen LogP contribution in [0.5, 0.6) is 0 Å². The van der Waals surface area contributed by atoms with Crippen molar-refractivity contribution in [2.45, 2.75) is 13.1 Å². The number of hydrogen-bond acceptors (Lipinski definition) is 2. The molecule has 19 heavy (non-hydrogen) atoms. The van der Waals surface area contributed by atoms with Crippen LogP contribution in [0.3, 0.4) is 0 Å². The van der Waals surface area contributed by atoms with E-state index in [0.717, 1.165) is 12.1 Å². The van der Waals surface area contributed by atoms with Crippen molar-refractivity contribution in [3.8, 4) is 0 Å². The van der Waals surface area contributed by atoms with E-state index in [0.29, 0.717) is 0 Å². The molecule has 0 aliphatic carbocycles. The Kier molecular flexibility index (Phi) is 6.60. The van der Waals surface area contributed by atoms with E-state index < -0.39 is 12.1 Å². The predicted octanol–water partition coefficient (Wildman–Crippen LogP) is 2.41. The third-order valence-electron chi connectivity index (χ3n) is 2.08. The Morgan fingerprint density at radius 1 is 1.21 bits per heavy atom. The van der Waals surface area contributed by atoms with Gasteiger partial charge < -0.3 is 10.0 Å². The van der Waals surface area contributed by atoms with E-state index in [2.05, 4.69) is 0 Å². The van der Waals surface area contributed by atoms with Crippen LogP contribution >= 0.6 is 0 Å². The lowest BCUT2D eigenvalue weighted by Crippen LogP contribution is -2.25. The molecule has 0 aliphatic rings. The zero-order valence-corrected chi connectivity index (χ0v) is 10.4. The molecule has 1 aromatic carbocycles. The summed E-state index contributed by atoms with van der Waals surface area (Å²) in [6.07, 6.45) is -5.08. The Morgan fingerprint density at radius 2 is 1.63 bits per heavy atom. The van der Waals surface area contributed by atoms with Crippen LogP contribution in [0.4, 0.5) is 13.2 Å². The molecule has 0 unspecified atom stereocenters. The molecule has 0 bridgehead atoms. The molecule has 0 aliphatic heterocycles. The van der Waals surface area contributed by atoms with Gasteiger partial charge in [0.2, 0.25) is 0 Å². The second-order valence-corrected chi connectivity index (χ2v) is 3.49. The topological polar surface area (TPSA) is 57.6 Å². The fourth-order valence-electron chi connectivity index (χ4n) is 0.945. The van der Waals surface area contributed by atoms with Gasteiger partial charge in [0.1, 0.15) is 0 Å². The van der Waals surface area contributed by atoms with Gasteiger partial charge in [0.25, 0.3) is 5.91 Å². The third-order valence-corrected chi connectivity index (χ3v) is 2.08. The largest absolute Gasteiger partial charge is 0.490 e. The molecule has 1 rings (SSSR count). The SMILES string of the molecule is CCN(C)C(=O)c1ccccc1.O=C(O)C(F)(F)F. The summed E-state index contributed by atoms with van der Waals surface area (Å²) >= 11 is 0. The fourth-order valence-corrected chi connectivity index (χ4v) is 0.945. The maximum absolute atomic E-state index is 11.5. The number of alkyl halides is 3. The van der Waals surface area contributed by atoms with E-state index in [1.165, 1.54) is 0 Å². The number of aliphatic carboxylic acids is 1. The van der Waals surface area contributed by atoms with Gasteiger partial charge in [-0.3, -0.25) is 4.79 Å². The smallest absolute Gasteiger partial charge is 0.475 e. The summed E-state index contributed by atoms with van der Waals surface area (Å²) in [5, 5.41) is 7.12. The van der Waals surface area contributed by atoms with Gasteiger partial charge in [-0.2, -0.15) is 13.2 Å². The minimum Gasteiger partial charge on any atom is -0.475 e. The number of carbonyl (C=O) groups is 2. The van der Waals surface area contributed by atoms with Crippen molar-refractivity contribution in [3.63, 3.8) is 0 Å². The number of hydrogen-bond donors (Lipinski definition) is 1. The normalized spacial score (nSPS) is 10.2. The van der Waals surface area contributed by atoms with E-state index >= 15 is 0 Å². The Hall–Kier alpha value is -2.05. The number of nitrogens with zero attached hydrogens (tertiary/aromatic N) is 1. The molecule has 7 heteroatoms. The average molecular weight is 277 g/mol. The zero-order chi connectivity index (χ0) is 15.1. The Labute approximate surface area is 108 Å². The van der Waals surface area contributed by atoms with E-state index in [-0.39, 0.29) is 5.91 Å². The quantitative estimate of drug-likeness (QED) is 0.903. The Balaban J connectivity index is 0.000000399. The van der Waals surface area contributed by atoms with Gasteiger partial charge in [-0.1, -0.05) is 18.2 Å². The number of carboxylic acid groups (broad SMARTS) is 1. The van der Waals surface area contributed by atoms with E-state index in [9.17, 15) is 18.0 Å². The summed E-state index contributed by atoms with van der Waals surface area (Å²) in [6, 6.07) is 9.30. The lowest BCUT2D eigenvalue weighted by molar-refractivity contribution is -0.192. The minimum atomic E-state index is -5.08. The minimum absolute atomic E-state index is 0.0816. The van der Waals surface area contributed by atoms with E-state index in [4.69, 9.17) is 9.90 Å². The van der Waals surface area contributed by atoms with Gasteiger partial charge in [0, 0.05) is 19.2 Å². The zero-order valence-electron chi connectivity index (χ0n) is 10.4. The lowest BCUT2D eigenvalue weighted by atomic mass is 10.2. The first-order valence-corrected chi connectivity index (χ1v) is 5.30. The average Bonchev–Trinajstić information content (AvgIpc) is 2.37. The molecule has 0 saturated carbocycles. The number of halogens is 3. The fraction of sp³-hybridized carbons (Fsp3) is 0.333. The molecule has 0 saturated heterocycles. The molecule has 0 aromatic heterocycles. The number of amides is 1. The molecular weight excluding hydrogens is 263 g/mol. The van der Waals surface area contributed by atoms with E-state index in [1.807, 2.05) is 37.3 Å². The second kappa shape index (κ2) is 7.40. The molecule has 4 nitrogen and oxygen atoms in total. The van der Waals surface area contributed by atoms with Crippen LogP contribution in [0, 0.1) is 0 Å². The maximum Gasteiger partial charge on any atom is 0.490 e. The van der Waals surface area contributed by atoms with Crippen LogP contribution in [-0.2, 0) is 4.79 Å². The number of rotatable bonds is 2. The molecule has 1 amide bonds. The van der Waals surface area contributed by atoms with Crippen molar-refractivity contribution < 1.29 is 27.9 Å². The summed E-state index contributed by atoms with van der Waals surface area (Å²) in [5.74, 6) is -2.68. The van der Waals surface area contributed by atoms with Gasteiger partial charge in [0.05, 0.1) is 0 Å². The van der Waals surface area contributed by atoms with Crippen LogP contribution in [0.25, 0.3) is 0 Å². The Bertz CT molecular complexity index is 418. The first-order valence-electron chi connectivity index (χ1n) is 5.30. The summed E-state index contributed by atoms with van der Waals surface area (Å²) < 4.78 is 31.7. The highest BCUT2D eigenvalue weighted by Gasteiger charge is 2.38. The molecule has 0 spiro atoms. The molecule has 0 heterocycles. The van der Waals surface area contributed by atoms with E-state index in [1.54, 1.807) is 11.9 Å². The van der Waals surface area contributed by atoms with Crippen molar-refractivity contribution in [3.05, 3.63) is 35.9 Å². The monoisotopic (exact) mass is 277 g/mol. The summed E-state index contributed by atoms with van der Waals surface area (Å²) in [5.41, 5.74) is 0.752. The number of benzene rings is 1. The van der Waals surface area contributed by atoms with Gasteiger partial charge >= 0.3 is 12.1 Å². The highest BCUT2D eigenvalue weighted by Crippen LogP contribution is 2.13. The molecule has 106 valence electrons. The molecular formula is C12H14F3NO3. The standard InChI is InChI=1S/C10H13NO.C2HF3O2/c1-3-11(2)10(12)9-7-5-4-6-8-9;3-2(4,5)1(6)7/h4-8H,3H2,1-2H3;(H,6,7). The molecule has 0 atom stereocenters. The van der Waals surface area contributed by atoms with Crippen LogP contribution < -0.4 is 0 Å². The molecule has 1 N–H and O–H groups in total. The predicted molar refractivity (Wildman–Crippen MR) is 62.8 cm³/mol. The number of carboxylic acids is 1. The first kappa shape index (κ1) is 16.9. The van der Waals surface area contributed by atoms with Crippen LogP contribution in [0.2, 0.25) is 0 Å². The van der Waals surface area contributed by atoms with Gasteiger partial charge in [-0.15, -0.1) is 0 Å². The van der Waals surface area contributed by atoms with Gasteiger partial charge in [0.15, 0.2) is 0 Å². The van der Waals surface area contributed by atoms with Crippen molar-refractivity contribution in [2.24, 2.45) is 0 Å². The lowest BCUT2D eigenvalue weighted by Gasteiger charge is -2.13. The second-order valence-electron chi connectivity index (χ2n) is 3.49. The van der Waals surface area contributed by atoms with Crippen LogP contribution in [-0.4, -0.2) is 41.7 Å². The van der Waals surface area contributed by atoms with Crippen molar-refractivity contribution in [1.29, 1.82) is 0 Å². The van der Waals surface area contributed by atoms with Crippen molar-refractivity contribution >= 4 is 11.9 Å². The van der Waals surface area contributed by atoms with Gasteiger partial charge in [-0.05, 0) is 19.1 Å². The van der Waals surface area contributed by atoms with Crippen LogP contribution in [0.1, 0.15) is 17.3 Å². The Morgan fingerprint density at radius 3 is 1.95 bits per heavy atom. The third kappa shape index (κ3) is 6.44. The molecule has 0 fully saturated rings. The van der Waals surface area contributed by atoms with Gasteiger partial charge in [-0.25, -0.2) is 4.79 Å². The summed E-state index contributed by atoms with van der Waals surface area (Å²) in [4.78, 5) is 22.1.